The van der Waals surface area contributed by atoms with E-state index in [4.69, 9.17) is 4.74 Å². The summed E-state index contributed by atoms with van der Waals surface area (Å²) in [4.78, 5) is 35.2. The van der Waals surface area contributed by atoms with E-state index in [0.29, 0.717) is 0 Å². The molecular weight excluding hydrogens is 286 g/mol. The zero-order valence-corrected chi connectivity index (χ0v) is 13.0. The second kappa shape index (κ2) is 8.81. The van der Waals surface area contributed by atoms with Gasteiger partial charge in [0.1, 0.15) is 6.04 Å². The first-order valence-electron chi connectivity index (χ1n) is 6.95. The number of rotatable bonds is 7. The van der Waals surface area contributed by atoms with Crippen molar-refractivity contribution in [1.29, 1.82) is 0 Å². The molecule has 0 heterocycles. The van der Waals surface area contributed by atoms with Crippen LogP contribution < -0.4 is 5.32 Å². The van der Waals surface area contributed by atoms with E-state index in [-0.39, 0.29) is 18.7 Å². The molecule has 0 aliphatic heterocycles. The zero-order valence-electron chi connectivity index (χ0n) is 13.0. The fraction of sp³-hybridized carbons (Fsp3) is 0.438. The number of amides is 1. The standard InChI is InChI=1S/C16H21NO5/c1-11(9-14(19)21-2)15(16(20)22-3)17-13(18)10-12-7-5-4-6-8-12/h4-8,11,15H,9-10H2,1-3H3,(H,17,18)/t11-,15-/m1/s1. The fourth-order valence-electron chi connectivity index (χ4n) is 2.03. The molecule has 0 saturated carbocycles. The van der Waals surface area contributed by atoms with Crippen molar-refractivity contribution in [3.8, 4) is 0 Å². The topological polar surface area (TPSA) is 81.7 Å². The van der Waals surface area contributed by atoms with Crippen LogP contribution in [0.4, 0.5) is 0 Å². The summed E-state index contributed by atoms with van der Waals surface area (Å²) in [5, 5.41) is 2.62. The van der Waals surface area contributed by atoms with E-state index < -0.39 is 23.9 Å². The van der Waals surface area contributed by atoms with Crippen LogP contribution in [0.5, 0.6) is 0 Å². The molecular formula is C16H21NO5. The first-order valence-corrected chi connectivity index (χ1v) is 6.95. The summed E-state index contributed by atoms with van der Waals surface area (Å²) in [6.07, 6.45) is 0.168. The minimum absolute atomic E-state index is 0.0158. The second-order valence-corrected chi connectivity index (χ2v) is 4.99. The van der Waals surface area contributed by atoms with Crippen molar-refractivity contribution in [3.63, 3.8) is 0 Å². The number of benzene rings is 1. The van der Waals surface area contributed by atoms with E-state index in [1.807, 2.05) is 30.3 Å². The molecule has 6 heteroatoms. The number of nitrogens with one attached hydrogen (secondary N) is 1. The lowest BCUT2D eigenvalue weighted by molar-refractivity contribution is -0.148. The largest absolute Gasteiger partial charge is 0.469 e. The van der Waals surface area contributed by atoms with E-state index in [9.17, 15) is 14.4 Å². The zero-order chi connectivity index (χ0) is 16.5. The van der Waals surface area contributed by atoms with E-state index in [1.165, 1.54) is 14.2 Å². The lowest BCUT2D eigenvalue weighted by Gasteiger charge is -2.22. The van der Waals surface area contributed by atoms with E-state index >= 15 is 0 Å². The van der Waals surface area contributed by atoms with Crippen LogP contribution >= 0.6 is 0 Å². The minimum atomic E-state index is -0.889. The Kier molecular flexibility index (Phi) is 7.08. The molecule has 0 aliphatic rings. The van der Waals surface area contributed by atoms with Crippen LogP contribution in [0.2, 0.25) is 0 Å². The molecule has 0 spiro atoms. The molecule has 0 radical (unpaired) electrons. The second-order valence-electron chi connectivity index (χ2n) is 4.99. The summed E-state index contributed by atoms with van der Waals surface area (Å²) >= 11 is 0. The smallest absolute Gasteiger partial charge is 0.328 e. The lowest BCUT2D eigenvalue weighted by Crippen LogP contribution is -2.46. The van der Waals surface area contributed by atoms with Crippen LogP contribution in [0.3, 0.4) is 0 Å². The maximum atomic E-state index is 12.1. The Labute approximate surface area is 129 Å². The Morgan fingerprint density at radius 2 is 1.73 bits per heavy atom. The summed E-state index contributed by atoms with van der Waals surface area (Å²) in [7, 11) is 2.51. The molecule has 0 fully saturated rings. The predicted octanol–water partition coefficient (Wildman–Crippen LogP) is 1.09. The normalized spacial score (nSPS) is 12.9. The molecule has 1 rings (SSSR count). The summed E-state index contributed by atoms with van der Waals surface area (Å²) in [5.41, 5.74) is 0.837. The van der Waals surface area contributed by atoms with Crippen LogP contribution in [0, 0.1) is 5.92 Å². The van der Waals surface area contributed by atoms with E-state index in [1.54, 1.807) is 6.92 Å². The number of hydrogen-bond donors (Lipinski definition) is 1. The van der Waals surface area contributed by atoms with Crippen LogP contribution in [-0.2, 0) is 30.3 Å². The monoisotopic (exact) mass is 307 g/mol. The Morgan fingerprint density at radius 3 is 2.27 bits per heavy atom. The van der Waals surface area contributed by atoms with Crippen molar-refractivity contribution >= 4 is 17.8 Å². The lowest BCUT2D eigenvalue weighted by atomic mass is 9.98. The third kappa shape index (κ3) is 5.55. The molecule has 1 amide bonds. The first-order chi connectivity index (χ1) is 10.5. The minimum Gasteiger partial charge on any atom is -0.469 e. The highest BCUT2D eigenvalue weighted by Gasteiger charge is 2.29. The number of carbonyl (C=O) groups excluding carboxylic acids is 3. The number of hydrogen-bond acceptors (Lipinski definition) is 5. The van der Waals surface area contributed by atoms with Gasteiger partial charge in [-0.05, 0) is 11.5 Å². The van der Waals surface area contributed by atoms with Crippen LogP contribution in [-0.4, -0.2) is 38.1 Å². The molecule has 6 nitrogen and oxygen atoms in total. The molecule has 0 saturated heterocycles. The molecule has 120 valence electrons. The van der Waals surface area contributed by atoms with E-state index in [0.717, 1.165) is 5.56 Å². The summed E-state index contributed by atoms with van der Waals surface area (Å²) in [6.45, 7) is 1.68. The van der Waals surface area contributed by atoms with Crippen molar-refractivity contribution in [2.45, 2.75) is 25.8 Å². The Bertz CT molecular complexity index is 515. The van der Waals surface area contributed by atoms with Crippen LogP contribution in [0.15, 0.2) is 30.3 Å². The van der Waals surface area contributed by atoms with Gasteiger partial charge in [-0.25, -0.2) is 4.79 Å². The summed E-state index contributed by atoms with van der Waals surface area (Å²) in [6, 6.07) is 8.28. The summed E-state index contributed by atoms with van der Waals surface area (Å²) in [5.74, 6) is -1.77. The first kappa shape index (κ1) is 17.7. The number of esters is 2. The van der Waals surface area contributed by atoms with Crippen molar-refractivity contribution in [2.75, 3.05) is 14.2 Å². The highest BCUT2D eigenvalue weighted by Crippen LogP contribution is 2.11. The Hall–Kier alpha value is -2.37. The van der Waals surface area contributed by atoms with Crippen molar-refractivity contribution in [1.82, 2.24) is 5.32 Å². The van der Waals surface area contributed by atoms with Crippen molar-refractivity contribution in [2.24, 2.45) is 5.92 Å². The van der Waals surface area contributed by atoms with Gasteiger partial charge in [0.15, 0.2) is 0 Å². The maximum Gasteiger partial charge on any atom is 0.328 e. The van der Waals surface area contributed by atoms with Crippen molar-refractivity contribution < 1.29 is 23.9 Å². The number of carbonyl (C=O) groups is 3. The van der Waals surface area contributed by atoms with Gasteiger partial charge in [-0.1, -0.05) is 37.3 Å². The molecule has 0 bridgehead atoms. The van der Waals surface area contributed by atoms with Gasteiger partial charge in [0.2, 0.25) is 5.91 Å². The van der Waals surface area contributed by atoms with Gasteiger partial charge in [-0.3, -0.25) is 9.59 Å². The van der Waals surface area contributed by atoms with E-state index in [2.05, 4.69) is 10.1 Å². The highest BCUT2D eigenvalue weighted by atomic mass is 16.5. The van der Waals surface area contributed by atoms with Gasteiger partial charge >= 0.3 is 11.9 Å². The van der Waals surface area contributed by atoms with Gasteiger partial charge in [0.05, 0.1) is 27.1 Å². The molecule has 1 aromatic rings. The van der Waals surface area contributed by atoms with Crippen LogP contribution in [0.25, 0.3) is 0 Å². The average Bonchev–Trinajstić information content (AvgIpc) is 2.52. The van der Waals surface area contributed by atoms with Gasteiger partial charge in [-0.2, -0.15) is 0 Å². The SMILES string of the molecule is COC(=O)C[C@@H](C)[C@@H](NC(=O)Cc1ccccc1)C(=O)OC. The molecule has 1 N–H and O–H groups in total. The van der Waals surface area contributed by atoms with Gasteiger partial charge in [-0.15, -0.1) is 0 Å². The molecule has 2 atom stereocenters. The van der Waals surface area contributed by atoms with Crippen molar-refractivity contribution in [3.05, 3.63) is 35.9 Å². The molecule has 0 aliphatic carbocycles. The highest BCUT2D eigenvalue weighted by molar-refractivity contribution is 5.86. The molecule has 0 unspecified atom stereocenters. The molecule has 22 heavy (non-hydrogen) atoms. The average molecular weight is 307 g/mol. The molecule has 0 aromatic heterocycles. The maximum absolute atomic E-state index is 12.1. The third-order valence-corrected chi connectivity index (χ3v) is 3.26. The number of methoxy groups -OCH3 is 2. The Morgan fingerprint density at radius 1 is 1.09 bits per heavy atom. The summed E-state index contributed by atoms with van der Waals surface area (Å²) < 4.78 is 9.28. The van der Waals surface area contributed by atoms with Gasteiger partial charge in [0, 0.05) is 0 Å². The van der Waals surface area contributed by atoms with Gasteiger partial charge < -0.3 is 14.8 Å². The Balaban J connectivity index is 2.70. The molecule has 1 aromatic carbocycles. The number of ether oxygens (including phenoxy) is 2. The van der Waals surface area contributed by atoms with Crippen LogP contribution in [0.1, 0.15) is 18.9 Å². The quantitative estimate of drug-likeness (QED) is 0.763. The van der Waals surface area contributed by atoms with Gasteiger partial charge in [0.25, 0.3) is 0 Å². The predicted molar refractivity (Wildman–Crippen MR) is 79.9 cm³/mol. The third-order valence-electron chi connectivity index (χ3n) is 3.26. The fourth-order valence-corrected chi connectivity index (χ4v) is 2.03.